The van der Waals surface area contributed by atoms with Crippen molar-refractivity contribution >= 4 is 23.2 Å². The Hall–Kier alpha value is -2.76. The van der Waals surface area contributed by atoms with Gasteiger partial charge in [0.25, 0.3) is 0 Å². The van der Waals surface area contributed by atoms with Gasteiger partial charge in [0.15, 0.2) is 0 Å². The van der Waals surface area contributed by atoms with Gasteiger partial charge in [-0.1, -0.05) is 12.1 Å². The lowest BCUT2D eigenvalue weighted by molar-refractivity contribution is 0.168. The number of hydrogen-bond donors (Lipinski definition) is 1. The Kier molecular flexibility index (Phi) is 5.38. The van der Waals surface area contributed by atoms with E-state index in [2.05, 4.69) is 15.1 Å². The number of para-hydroxylation sites is 1. The van der Waals surface area contributed by atoms with Gasteiger partial charge in [0.1, 0.15) is 5.82 Å². The number of ether oxygens (including phenoxy) is 1. The van der Waals surface area contributed by atoms with Crippen molar-refractivity contribution in [3.05, 3.63) is 54.3 Å². The first-order valence-electron chi connectivity index (χ1n) is 8.45. The summed E-state index contributed by atoms with van der Waals surface area (Å²) < 4.78 is 18.8. The van der Waals surface area contributed by atoms with E-state index in [4.69, 9.17) is 4.74 Å². The number of nitrogens with one attached hydrogen (secondary N) is 1. The van der Waals surface area contributed by atoms with E-state index in [9.17, 15) is 9.18 Å². The quantitative estimate of drug-likeness (QED) is 0.919. The zero-order chi connectivity index (χ0) is 17.6. The van der Waals surface area contributed by atoms with Crippen LogP contribution in [0.1, 0.15) is 6.92 Å². The van der Waals surface area contributed by atoms with Crippen molar-refractivity contribution in [1.82, 2.24) is 0 Å². The molecule has 2 aromatic rings. The van der Waals surface area contributed by atoms with Gasteiger partial charge in [0, 0.05) is 37.6 Å². The minimum Gasteiger partial charge on any atom is -0.450 e. The SMILES string of the molecule is CCOC(=O)Nc1ccc(N2CCN(c3ccccc3F)CC2)cc1. The molecule has 0 unspecified atom stereocenters. The van der Waals surface area contributed by atoms with Crippen LogP contribution in [0, 0.1) is 5.82 Å². The summed E-state index contributed by atoms with van der Waals surface area (Å²) in [6.07, 6.45) is -0.450. The fourth-order valence-electron chi connectivity index (χ4n) is 2.95. The second-order valence-corrected chi connectivity index (χ2v) is 5.82. The summed E-state index contributed by atoms with van der Waals surface area (Å²) in [5.41, 5.74) is 2.45. The van der Waals surface area contributed by atoms with Gasteiger partial charge in [0.2, 0.25) is 0 Å². The first kappa shape index (κ1) is 17.1. The molecule has 0 radical (unpaired) electrons. The maximum atomic E-state index is 13.9. The molecule has 0 aromatic heterocycles. The van der Waals surface area contributed by atoms with Crippen LogP contribution in [0.5, 0.6) is 0 Å². The van der Waals surface area contributed by atoms with Crippen LogP contribution < -0.4 is 15.1 Å². The van der Waals surface area contributed by atoms with E-state index in [-0.39, 0.29) is 5.82 Å². The van der Waals surface area contributed by atoms with E-state index in [1.165, 1.54) is 6.07 Å². The second kappa shape index (κ2) is 7.88. The van der Waals surface area contributed by atoms with Crippen molar-refractivity contribution in [2.24, 2.45) is 0 Å². The summed E-state index contributed by atoms with van der Waals surface area (Å²) in [4.78, 5) is 15.7. The molecule has 0 bridgehead atoms. The fourth-order valence-corrected chi connectivity index (χ4v) is 2.95. The van der Waals surface area contributed by atoms with Crippen LogP contribution in [0.15, 0.2) is 48.5 Å². The molecule has 132 valence electrons. The molecule has 0 saturated carbocycles. The number of benzene rings is 2. The van der Waals surface area contributed by atoms with Gasteiger partial charge in [-0.05, 0) is 43.3 Å². The molecule has 5 nitrogen and oxygen atoms in total. The average Bonchev–Trinajstić information content (AvgIpc) is 2.63. The molecular formula is C19H22FN3O2. The van der Waals surface area contributed by atoms with Crippen LogP contribution in [0.25, 0.3) is 0 Å². The summed E-state index contributed by atoms with van der Waals surface area (Å²) in [5.74, 6) is -0.176. The number of carbonyl (C=O) groups is 1. The van der Waals surface area contributed by atoms with Crippen molar-refractivity contribution in [2.75, 3.05) is 47.9 Å². The van der Waals surface area contributed by atoms with E-state index < -0.39 is 6.09 Å². The molecule has 1 saturated heterocycles. The molecule has 2 aromatic carbocycles. The molecule has 6 heteroatoms. The van der Waals surface area contributed by atoms with Crippen LogP contribution >= 0.6 is 0 Å². The Balaban J connectivity index is 1.58. The molecule has 1 heterocycles. The van der Waals surface area contributed by atoms with E-state index in [1.807, 2.05) is 36.4 Å². The number of carbonyl (C=O) groups excluding carboxylic acids is 1. The molecule has 1 aliphatic heterocycles. The number of halogens is 1. The summed E-state index contributed by atoms with van der Waals surface area (Å²) in [6.45, 7) is 5.28. The van der Waals surface area contributed by atoms with Crippen molar-refractivity contribution in [2.45, 2.75) is 6.92 Å². The van der Waals surface area contributed by atoms with Crippen LogP contribution in [0.4, 0.5) is 26.2 Å². The van der Waals surface area contributed by atoms with Crippen LogP contribution in [-0.4, -0.2) is 38.9 Å². The normalized spacial score (nSPS) is 14.3. The van der Waals surface area contributed by atoms with Gasteiger partial charge in [-0.25, -0.2) is 9.18 Å². The summed E-state index contributed by atoms with van der Waals surface area (Å²) >= 11 is 0. The third kappa shape index (κ3) is 4.21. The Morgan fingerprint density at radius 2 is 1.68 bits per heavy atom. The van der Waals surface area contributed by atoms with Gasteiger partial charge in [-0.2, -0.15) is 0 Å². The van der Waals surface area contributed by atoms with E-state index in [0.717, 1.165) is 31.9 Å². The molecule has 0 spiro atoms. The number of rotatable bonds is 4. The summed E-state index contributed by atoms with van der Waals surface area (Å²) in [7, 11) is 0. The summed E-state index contributed by atoms with van der Waals surface area (Å²) in [6, 6.07) is 14.5. The Morgan fingerprint density at radius 1 is 1.04 bits per heavy atom. The second-order valence-electron chi connectivity index (χ2n) is 5.82. The van der Waals surface area contributed by atoms with Gasteiger partial charge in [-0.15, -0.1) is 0 Å². The number of hydrogen-bond acceptors (Lipinski definition) is 4. The minimum atomic E-state index is -0.450. The maximum Gasteiger partial charge on any atom is 0.411 e. The molecular weight excluding hydrogens is 321 g/mol. The van der Waals surface area contributed by atoms with Crippen LogP contribution in [0.3, 0.4) is 0 Å². The van der Waals surface area contributed by atoms with Crippen molar-refractivity contribution < 1.29 is 13.9 Å². The van der Waals surface area contributed by atoms with Crippen molar-refractivity contribution in [3.63, 3.8) is 0 Å². The molecule has 1 fully saturated rings. The standard InChI is InChI=1S/C19H22FN3O2/c1-2-25-19(24)21-15-7-9-16(10-8-15)22-11-13-23(14-12-22)18-6-4-3-5-17(18)20/h3-10H,2,11-14H2,1H3,(H,21,24). The molecule has 3 rings (SSSR count). The highest BCUT2D eigenvalue weighted by Crippen LogP contribution is 2.23. The van der Waals surface area contributed by atoms with Gasteiger partial charge >= 0.3 is 6.09 Å². The van der Waals surface area contributed by atoms with Crippen molar-refractivity contribution in [3.8, 4) is 0 Å². The molecule has 1 aliphatic rings. The third-order valence-electron chi connectivity index (χ3n) is 4.23. The predicted octanol–water partition coefficient (Wildman–Crippen LogP) is 3.72. The fraction of sp³-hybridized carbons (Fsp3) is 0.316. The third-order valence-corrected chi connectivity index (χ3v) is 4.23. The Labute approximate surface area is 147 Å². The molecule has 25 heavy (non-hydrogen) atoms. The van der Waals surface area contributed by atoms with Crippen molar-refractivity contribution in [1.29, 1.82) is 0 Å². The summed E-state index contributed by atoms with van der Waals surface area (Å²) in [5, 5.41) is 2.68. The molecule has 1 amide bonds. The largest absolute Gasteiger partial charge is 0.450 e. The predicted molar refractivity (Wildman–Crippen MR) is 97.9 cm³/mol. The number of amides is 1. The Morgan fingerprint density at radius 3 is 2.32 bits per heavy atom. The number of piperazine rings is 1. The maximum absolute atomic E-state index is 13.9. The number of nitrogens with zero attached hydrogens (tertiary/aromatic N) is 2. The lowest BCUT2D eigenvalue weighted by Crippen LogP contribution is -2.46. The number of anilines is 3. The van der Waals surface area contributed by atoms with Gasteiger partial charge < -0.3 is 14.5 Å². The van der Waals surface area contributed by atoms with E-state index >= 15 is 0 Å². The van der Waals surface area contributed by atoms with E-state index in [0.29, 0.717) is 18.0 Å². The molecule has 0 atom stereocenters. The van der Waals surface area contributed by atoms with Crippen LogP contribution in [0.2, 0.25) is 0 Å². The first-order chi connectivity index (χ1) is 12.2. The zero-order valence-electron chi connectivity index (χ0n) is 14.2. The highest BCUT2D eigenvalue weighted by molar-refractivity contribution is 5.84. The minimum absolute atomic E-state index is 0.176. The van der Waals surface area contributed by atoms with E-state index in [1.54, 1.807) is 13.0 Å². The topological polar surface area (TPSA) is 44.8 Å². The smallest absolute Gasteiger partial charge is 0.411 e. The molecule has 1 N–H and O–H groups in total. The highest BCUT2D eigenvalue weighted by atomic mass is 19.1. The lowest BCUT2D eigenvalue weighted by atomic mass is 10.2. The van der Waals surface area contributed by atoms with Crippen LogP contribution in [-0.2, 0) is 4.74 Å². The monoisotopic (exact) mass is 343 g/mol. The average molecular weight is 343 g/mol. The van der Waals surface area contributed by atoms with Gasteiger partial charge in [0.05, 0.1) is 12.3 Å². The van der Waals surface area contributed by atoms with Gasteiger partial charge in [-0.3, -0.25) is 5.32 Å². The zero-order valence-corrected chi connectivity index (χ0v) is 14.2. The molecule has 0 aliphatic carbocycles. The lowest BCUT2D eigenvalue weighted by Gasteiger charge is -2.37. The Bertz CT molecular complexity index is 713. The first-order valence-corrected chi connectivity index (χ1v) is 8.45. The highest BCUT2D eigenvalue weighted by Gasteiger charge is 2.19.